The zero-order chi connectivity index (χ0) is 11.0. The van der Waals surface area contributed by atoms with Crippen LogP contribution in [0.25, 0.3) is 0 Å². The first-order valence-corrected chi connectivity index (χ1v) is 5.41. The van der Waals surface area contributed by atoms with E-state index in [0.717, 1.165) is 24.2 Å². The number of hydrogen-bond donors (Lipinski definition) is 2. The van der Waals surface area contributed by atoms with E-state index < -0.39 is 0 Å². The Morgan fingerprint density at radius 1 is 1.40 bits per heavy atom. The minimum Gasteiger partial charge on any atom is -0.399 e. The van der Waals surface area contributed by atoms with Gasteiger partial charge < -0.3 is 11.5 Å². The van der Waals surface area contributed by atoms with Crippen molar-refractivity contribution in [2.24, 2.45) is 5.73 Å². The molecule has 0 bridgehead atoms. The normalized spacial score (nSPS) is 27.1. The number of likely N-dealkylation sites (tertiary alicyclic amines) is 1. The van der Waals surface area contributed by atoms with E-state index in [1.165, 1.54) is 5.56 Å². The lowest BCUT2D eigenvalue weighted by molar-refractivity contribution is 0.304. The van der Waals surface area contributed by atoms with E-state index in [-0.39, 0.29) is 6.04 Å². The Hall–Kier alpha value is -1.06. The Morgan fingerprint density at radius 3 is 2.67 bits per heavy atom. The van der Waals surface area contributed by atoms with Gasteiger partial charge in [-0.15, -0.1) is 0 Å². The number of nitrogens with two attached hydrogens (primary N) is 2. The van der Waals surface area contributed by atoms with Crippen molar-refractivity contribution in [3.8, 4) is 0 Å². The Labute approximate surface area is 91.1 Å². The fourth-order valence-corrected chi connectivity index (χ4v) is 2.32. The molecule has 0 aliphatic carbocycles. The van der Waals surface area contributed by atoms with Gasteiger partial charge in [-0.3, -0.25) is 4.90 Å². The smallest absolute Gasteiger partial charge is 0.0497 e. The second kappa shape index (κ2) is 3.83. The number of hydrogen-bond acceptors (Lipinski definition) is 3. The van der Waals surface area contributed by atoms with Crippen LogP contribution in [-0.2, 0) is 0 Å². The van der Waals surface area contributed by atoms with Gasteiger partial charge in [0.2, 0.25) is 0 Å². The number of nitrogen functional groups attached to an aromatic ring is 1. The third-order valence-electron chi connectivity index (χ3n) is 3.34. The molecule has 0 aromatic heterocycles. The van der Waals surface area contributed by atoms with Crippen LogP contribution in [0.3, 0.4) is 0 Å². The summed E-state index contributed by atoms with van der Waals surface area (Å²) in [6.07, 6.45) is 1.06. The van der Waals surface area contributed by atoms with E-state index in [1.54, 1.807) is 0 Å². The lowest BCUT2D eigenvalue weighted by atomic mass is 9.99. The van der Waals surface area contributed by atoms with E-state index in [2.05, 4.69) is 30.1 Å². The van der Waals surface area contributed by atoms with Crippen LogP contribution >= 0.6 is 0 Å². The molecule has 2 rings (SSSR count). The highest BCUT2D eigenvalue weighted by molar-refractivity contribution is 5.49. The summed E-state index contributed by atoms with van der Waals surface area (Å²) in [7, 11) is 2.12. The van der Waals surface area contributed by atoms with E-state index in [9.17, 15) is 0 Å². The van der Waals surface area contributed by atoms with Crippen LogP contribution in [0.1, 0.15) is 23.6 Å². The maximum atomic E-state index is 6.11. The molecule has 3 nitrogen and oxygen atoms in total. The number of aryl methyl sites for hydroxylation is 1. The summed E-state index contributed by atoms with van der Waals surface area (Å²) >= 11 is 0. The van der Waals surface area contributed by atoms with Gasteiger partial charge in [0.25, 0.3) is 0 Å². The third-order valence-corrected chi connectivity index (χ3v) is 3.34. The molecule has 1 aliphatic rings. The fourth-order valence-electron chi connectivity index (χ4n) is 2.32. The molecule has 0 spiro atoms. The third kappa shape index (κ3) is 1.85. The average Bonchev–Trinajstić information content (AvgIpc) is 2.52. The molecule has 82 valence electrons. The molecule has 1 aromatic carbocycles. The molecule has 0 saturated carbocycles. The first-order chi connectivity index (χ1) is 7.09. The molecule has 3 heteroatoms. The van der Waals surface area contributed by atoms with E-state index >= 15 is 0 Å². The highest BCUT2D eigenvalue weighted by atomic mass is 15.2. The molecular weight excluding hydrogens is 186 g/mol. The first-order valence-electron chi connectivity index (χ1n) is 5.41. The summed E-state index contributed by atoms with van der Waals surface area (Å²) in [5, 5.41) is 0. The van der Waals surface area contributed by atoms with Gasteiger partial charge in [0.1, 0.15) is 0 Å². The van der Waals surface area contributed by atoms with E-state index in [0.29, 0.717) is 6.04 Å². The van der Waals surface area contributed by atoms with Crippen molar-refractivity contribution >= 4 is 5.69 Å². The van der Waals surface area contributed by atoms with Gasteiger partial charge in [-0.1, -0.05) is 12.1 Å². The van der Waals surface area contributed by atoms with Gasteiger partial charge in [0.15, 0.2) is 0 Å². The standard InChI is InChI=1S/C12H19N3/c1-8-3-4-9(7-11(8)14)12-10(13)5-6-15(12)2/h3-4,7,10,12H,5-6,13-14H2,1-2H3. The second-order valence-corrected chi connectivity index (χ2v) is 4.49. The second-order valence-electron chi connectivity index (χ2n) is 4.49. The Bertz CT molecular complexity index is 352. The quantitative estimate of drug-likeness (QED) is 0.679. The fraction of sp³-hybridized carbons (Fsp3) is 0.500. The highest BCUT2D eigenvalue weighted by Gasteiger charge is 2.30. The number of benzene rings is 1. The molecule has 1 heterocycles. The number of anilines is 1. The predicted octanol–water partition coefficient (Wildman–Crippen LogP) is 1.28. The summed E-state index contributed by atoms with van der Waals surface area (Å²) in [5.41, 5.74) is 15.3. The van der Waals surface area contributed by atoms with Crippen LogP contribution in [0.15, 0.2) is 18.2 Å². The minimum atomic E-state index is 0.233. The first kappa shape index (κ1) is 10.5. The van der Waals surface area contributed by atoms with Crippen LogP contribution in [-0.4, -0.2) is 24.5 Å². The van der Waals surface area contributed by atoms with Crippen molar-refractivity contribution in [1.82, 2.24) is 4.90 Å². The lowest BCUT2D eigenvalue weighted by Gasteiger charge is -2.23. The Balaban J connectivity index is 2.32. The van der Waals surface area contributed by atoms with Crippen molar-refractivity contribution in [2.45, 2.75) is 25.4 Å². The van der Waals surface area contributed by atoms with Gasteiger partial charge >= 0.3 is 0 Å². The van der Waals surface area contributed by atoms with Crippen molar-refractivity contribution in [3.63, 3.8) is 0 Å². The van der Waals surface area contributed by atoms with Crippen molar-refractivity contribution in [3.05, 3.63) is 29.3 Å². The molecule has 0 radical (unpaired) electrons. The van der Waals surface area contributed by atoms with Gasteiger partial charge in [-0.2, -0.15) is 0 Å². The summed E-state index contributed by atoms with van der Waals surface area (Å²) < 4.78 is 0. The Kier molecular flexibility index (Phi) is 2.67. The lowest BCUT2D eigenvalue weighted by Crippen LogP contribution is -2.29. The maximum absolute atomic E-state index is 6.11. The van der Waals surface area contributed by atoms with Gasteiger partial charge in [-0.05, 0) is 37.6 Å². The number of nitrogens with zero attached hydrogens (tertiary/aromatic N) is 1. The molecule has 2 atom stereocenters. The van der Waals surface area contributed by atoms with Gasteiger partial charge in [0.05, 0.1) is 0 Å². The highest BCUT2D eigenvalue weighted by Crippen LogP contribution is 2.31. The zero-order valence-electron chi connectivity index (χ0n) is 9.40. The van der Waals surface area contributed by atoms with Crippen molar-refractivity contribution in [1.29, 1.82) is 0 Å². The van der Waals surface area contributed by atoms with Crippen LogP contribution in [0.2, 0.25) is 0 Å². The Morgan fingerprint density at radius 2 is 2.13 bits per heavy atom. The molecular formula is C12H19N3. The van der Waals surface area contributed by atoms with Gasteiger partial charge in [0, 0.05) is 24.3 Å². The summed E-state index contributed by atoms with van der Waals surface area (Å²) in [6.45, 7) is 3.09. The van der Waals surface area contributed by atoms with Crippen LogP contribution in [0.5, 0.6) is 0 Å². The molecule has 4 N–H and O–H groups in total. The molecule has 2 unspecified atom stereocenters. The summed E-state index contributed by atoms with van der Waals surface area (Å²) in [6, 6.07) is 6.83. The van der Waals surface area contributed by atoms with Gasteiger partial charge in [-0.25, -0.2) is 0 Å². The van der Waals surface area contributed by atoms with Crippen LogP contribution < -0.4 is 11.5 Å². The molecule has 1 fully saturated rings. The molecule has 15 heavy (non-hydrogen) atoms. The van der Waals surface area contributed by atoms with Crippen LogP contribution in [0.4, 0.5) is 5.69 Å². The monoisotopic (exact) mass is 205 g/mol. The summed E-state index contributed by atoms with van der Waals surface area (Å²) in [5.74, 6) is 0. The summed E-state index contributed by atoms with van der Waals surface area (Å²) in [4.78, 5) is 2.30. The SMILES string of the molecule is Cc1ccc(C2C(N)CCN2C)cc1N. The largest absolute Gasteiger partial charge is 0.399 e. The predicted molar refractivity (Wildman–Crippen MR) is 63.6 cm³/mol. The zero-order valence-corrected chi connectivity index (χ0v) is 9.40. The van der Waals surface area contributed by atoms with Crippen LogP contribution in [0, 0.1) is 6.92 Å². The van der Waals surface area contributed by atoms with E-state index in [1.807, 2.05) is 6.92 Å². The average molecular weight is 205 g/mol. The van der Waals surface area contributed by atoms with E-state index in [4.69, 9.17) is 11.5 Å². The van der Waals surface area contributed by atoms with Crippen molar-refractivity contribution < 1.29 is 0 Å². The molecule has 1 aromatic rings. The van der Waals surface area contributed by atoms with Crippen molar-refractivity contribution in [2.75, 3.05) is 19.3 Å². The molecule has 1 saturated heterocycles. The molecule has 1 aliphatic heterocycles. The molecule has 0 amide bonds. The minimum absolute atomic E-state index is 0.233. The topological polar surface area (TPSA) is 55.3 Å². The number of rotatable bonds is 1. The maximum Gasteiger partial charge on any atom is 0.0497 e. The number of likely N-dealkylation sites (N-methyl/N-ethyl adjacent to an activating group) is 1.